The zero-order valence-corrected chi connectivity index (χ0v) is 12.7. The van der Waals surface area contributed by atoms with Crippen molar-refractivity contribution in [1.29, 1.82) is 0 Å². The average molecular weight is 261 g/mol. The van der Waals surface area contributed by atoms with Crippen LogP contribution in [0.2, 0.25) is 0 Å². The Labute approximate surface area is 117 Å². The van der Waals surface area contributed by atoms with Gasteiger partial charge in [0.15, 0.2) is 0 Å². The first kappa shape index (κ1) is 14.5. The van der Waals surface area contributed by atoms with Crippen LogP contribution in [-0.4, -0.2) is 36.6 Å². The molecule has 0 amide bonds. The maximum Gasteiger partial charge on any atom is 0.0605 e. The van der Waals surface area contributed by atoms with Crippen LogP contribution in [0.1, 0.15) is 44.0 Å². The zero-order chi connectivity index (χ0) is 13.8. The maximum atomic E-state index is 4.62. The summed E-state index contributed by atoms with van der Waals surface area (Å²) in [5.41, 5.74) is 2.71. The highest BCUT2D eigenvalue weighted by Crippen LogP contribution is 2.28. The van der Waals surface area contributed by atoms with Gasteiger partial charge in [-0.3, -0.25) is 4.98 Å². The Kier molecular flexibility index (Phi) is 4.94. The van der Waals surface area contributed by atoms with Gasteiger partial charge in [0.05, 0.1) is 11.7 Å². The van der Waals surface area contributed by atoms with Crippen LogP contribution in [0.5, 0.6) is 0 Å². The summed E-state index contributed by atoms with van der Waals surface area (Å²) in [4.78, 5) is 6.88. The second-order valence-corrected chi connectivity index (χ2v) is 6.27. The van der Waals surface area contributed by atoms with E-state index in [1.807, 2.05) is 6.20 Å². The highest BCUT2D eigenvalue weighted by molar-refractivity contribution is 5.25. The van der Waals surface area contributed by atoms with Crippen LogP contribution in [-0.2, 0) is 6.42 Å². The molecule has 19 heavy (non-hydrogen) atoms. The fourth-order valence-corrected chi connectivity index (χ4v) is 2.88. The van der Waals surface area contributed by atoms with Crippen LogP contribution in [0.3, 0.4) is 0 Å². The topological polar surface area (TPSA) is 28.2 Å². The van der Waals surface area contributed by atoms with Crippen molar-refractivity contribution < 1.29 is 0 Å². The van der Waals surface area contributed by atoms with Crippen LogP contribution in [0.4, 0.5) is 0 Å². The number of hydrogen-bond donors (Lipinski definition) is 1. The predicted molar refractivity (Wildman–Crippen MR) is 80.2 cm³/mol. The molecule has 106 valence electrons. The Hall–Kier alpha value is -0.930. The average Bonchev–Trinajstić information content (AvgIpc) is 2.37. The van der Waals surface area contributed by atoms with Gasteiger partial charge in [-0.05, 0) is 50.9 Å². The van der Waals surface area contributed by atoms with E-state index in [0.717, 1.165) is 6.54 Å². The minimum atomic E-state index is 0.428. The molecule has 2 atom stereocenters. The molecular formula is C16H27N3. The van der Waals surface area contributed by atoms with E-state index in [9.17, 15) is 0 Å². The van der Waals surface area contributed by atoms with Crippen LogP contribution in [0, 0.1) is 5.92 Å². The van der Waals surface area contributed by atoms with Crippen molar-refractivity contribution in [2.24, 2.45) is 5.92 Å². The molecule has 3 nitrogen and oxygen atoms in total. The number of likely N-dealkylation sites (N-methyl/N-ethyl adjacent to an activating group) is 1. The molecule has 0 radical (unpaired) electrons. The molecule has 0 aliphatic heterocycles. The molecule has 1 aliphatic carbocycles. The van der Waals surface area contributed by atoms with E-state index in [4.69, 9.17) is 0 Å². The molecule has 2 rings (SSSR count). The quantitative estimate of drug-likeness (QED) is 0.883. The van der Waals surface area contributed by atoms with E-state index in [0.29, 0.717) is 18.0 Å². The highest BCUT2D eigenvalue weighted by Gasteiger charge is 2.25. The summed E-state index contributed by atoms with van der Waals surface area (Å²) in [6, 6.07) is 5.23. The molecule has 1 heterocycles. The fourth-order valence-electron chi connectivity index (χ4n) is 2.88. The molecule has 0 spiro atoms. The van der Waals surface area contributed by atoms with Gasteiger partial charge in [-0.2, -0.15) is 0 Å². The molecule has 2 unspecified atom stereocenters. The lowest BCUT2D eigenvalue weighted by atomic mass is 9.90. The van der Waals surface area contributed by atoms with Gasteiger partial charge in [0, 0.05) is 18.8 Å². The third-order valence-electron chi connectivity index (χ3n) is 3.98. The molecule has 0 saturated heterocycles. The second kappa shape index (κ2) is 6.49. The summed E-state index contributed by atoms with van der Waals surface area (Å²) < 4.78 is 0. The van der Waals surface area contributed by atoms with E-state index >= 15 is 0 Å². The van der Waals surface area contributed by atoms with Gasteiger partial charge in [0.25, 0.3) is 0 Å². The summed E-state index contributed by atoms with van der Waals surface area (Å²) in [7, 11) is 4.29. The van der Waals surface area contributed by atoms with Crippen LogP contribution in [0.25, 0.3) is 0 Å². The standard InChI is InChI=1S/C16H27N3/c1-12(2)15(11-19(3)4)18-14-9-5-7-13-8-6-10-17-16(13)14/h6,8,10,12,14-15,18H,5,7,9,11H2,1-4H3. The lowest BCUT2D eigenvalue weighted by Crippen LogP contribution is -2.44. The van der Waals surface area contributed by atoms with Crippen molar-refractivity contribution in [3.63, 3.8) is 0 Å². The van der Waals surface area contributed by atoms with Crippen molar-refractivity contribution in [3.05, 3.63) is 29.6 Å². The second-order valence-electron chi connectivity index (χ2n) is 6.27. The highest BCUT2D eigenvalue weighted by atomic mass is 15.1. The summed E-state index contributed by atoms with van der Waals surface area (Å²) in [5.74, 6) is 0.636. The first-order valence-electron chi connectivity index (χ1n) is 7.42. The molecule has 3 heteroatoms. The number of nitrogens with one attached hydrogen (secondary N) is 1. The monoisotopic (exact) mass is 261 g/mol. The van der Waals surface area contributed by atoms with E-state index in [1.165, 1.54) is 30.5 Å². The number of nitrogens with zero attached hydrogens (tertiary/aromatic N) is 2. The van der Waals surface area contributed by atoms with Crippen molar-refractivity contribution >= 4 is 0 Å². The Morgan fingerprint density at radius 2 is 2.21 bits per heavy atom. The summed E-state index contributed by atoms with van der Waals surface area (Å²) in [6.45, 7) is 5.67. The first-order chi connectivity index (χ1) is 9.08. The lowest BCUT2D eigenvalue weighted by molar-refractivity contribution is 0.258. The van der Waals surface area contributed by atoms with Gasteiger partial charge < -0.3 is 10.2 Å². The molecule has 0 fully saturated rings. The van der Waals surface area contributed by atoms with E-state index in [2.05, 4.69) is 55.3 Å². The predicted octanol–water partition coefficient (Wildman–Crippen LogP) is 2.63. The molecule has 1 aliphatic rings. The largest absolute Gasteiger partial charge is 0.308 e. The smallest absolute Gasteiger partial charge is 0.0605 e. The third-order valence-corrected chi connectivity index (χ3v) is 3.98. The van der Waals surface area contributed by atoms with Crippen LogP contribution >= 0.6 is 0 Å². The minimum Gasteiger partial charge on any atom is -0.308 e. The Balaban J connectivity index is 2.10. The van der Waals surface area contributed by atoms with E-state index in [1.54, 1.807) is 0 Å². The molecule has 1 N–H and O–H groups in total. The van der Waals surface area contributed by atoms with Crippen molar-refractivity contribution in [3.8, 4) is 0 Å². The van der Waals surface area contributed by atoms with Gasteiger partial charge in [-0.1, -0.05) is 19.9 Å². The SMILES string of the molecule is CC(C)C(CN(C)C)NC1CCCc2cccnc21. The maximum absolute atomic E-state index is 4.62. The zero-order valence-electron chi connectivity index (χ0n) is 12.7. The number of rotatable bonds is 5. The van der Waals surface area contributed by atoms with Crippen molar-refractivity contribution in [2.75, 3.05) is 20.6 Å². The van der Waals surface area contributed by atoms with Gasteiger partial charge in [-0.25, -0.2) is 0 Å². The van der Waals surface area contributed by atoms with E-state index in [-0.39, 0.29) is 0 Å². The number of aryl methyl sites for hydroxylation is 1. The molecule has 0 aromatic carbocycles. The Morgan fingerprint density at radius 1 is 1.42 bits per heavy atom. The summed E-state index contributed by atoms with van der Waals surface area (Å²) >= 11 is 0. The van der Waals surface area contributed by atoms with Crippen LogP contribution in [0.15, 0.2) is 18.3 Å². The number of fused-ring (bicyclic) bond motifs is 1. The Morgan fingerprint density at radius 3 is 2.89 bits per heavy atom. The molecule has 0 bridgehead atoms. The summed E-state index contributed by atoms with van der Waals surface area (Å²) in [6.07, 6.45) is 5.58. The van der Waals surface area contributed by atoms with Gasteiger partial charge in [-0.15, -0.1) is 0 Å². The number of pyridine rings is 1. The number of hydrogen-bond acceptors (Lipinski definition) is 3. The molecule has 1 aromatic heterocycles. The summed E-state index contributed by atoms with van der Waals surface area (Å²) in [5, 5.41) is 3.84. The lowest BCUT2D eigenvalue weighted by Gasteiger charge is -2.33. The van der Waals surface area contributed by atoms with Gasteiger partial charge in [0.1, 0.15) is 0 Å². The molecule has 1 aromatic rings. The normalized spacial score (nSPS) is 20.6. The van der Waals surface area contributed by atoms with Crippen LogP contribution < -0.4 is 5.32 Å². The van der Waals surface area contributed by atoms with Crippen molar-refractivity contribution in [2.45, 2.75) is 45.2 Å². The molecule has 0 saturated carbocycles. The third kappa shape index (κ3) is 3.77. The number of aromatic nitrogens is 1. The Bertz CT molecular complexity index is 401. The minimum absolute atomic E-state index is 0.428. The van der Waals surface area contributed by atoms with Gasteiger partial charge in [0.2, 0.25) is 0 Å². The van der Waals surface area contributed by atoms with E-state index < -0.39 is 0 Å². The fraction of sp³-hybridized carbons (Fsp3) is 0.688. The molecular weight excluding hydrogens is 234 g/mol. The van der Waals surface area contributed by atoms with Gasteiger partial charge >= 0.3 is 0 Å². The first-order valence-corrected chi connectivity index (χ1v) is 7.42. The van der Waals surface area contributed by atoms with Crippen molar-refractivity contribution in [1.82, 2.24) is 15.2 Å².